The van der Waals surface area contributed by atoms with Gasteiger partial charge in [-0.3, -0.25) is 0 Å². The van der Waals surface area contributed by atoms with E-state index in [2.05, 4.69) is 6.92 Å². The summed E-state index contributed by atoms with van der Waals surface area (Å²) in [6, 6.07) is 0.473. The average Bonchev–Trinajstić information content (AvgIpc) is 2.57. The van der Waals surface area contributed by atoms with Crippen LogP contribution in [0.1, 0.15) is 20.3 Å². The maximum Gasteiger partial charge on any atom is 0.319 e. The third-order valence-electron chi connectivity index (χ3n) is 3.04. The smallest absolute Gasteiger partial charge is 0.319 e. The van der Waals surface area contributed by atoms with Crippen LogP contribution in [0, 0.1) is 5.92 Å². The normalized spacial score (nSPS) is 26.7. The number of carbonyl (C=O) groups is 1. The average molecular weight is 199 g/mol. The van der Waals surface area contributed by atoms with Crippen molar-refractivity contribution in [3.63, 3.8) is 0 Å². The van der Waals surface area contributed by atoms with Crippen LogP contribution in [0.4, 0.5) is 4.79 Å². The van der Waals surface area contributed by atoms with Gasteiger partial charge in [0.25, 0.3) is 0 Å². The van der Waals surface area contributed by atoms with Gasteiger partial charge in [0.1, 0.15) is 0 Å². The highest BCUT2D eigenvalue weighted by molar-refractivity contribution is 5.74. The van der Waals surface area contributed by atoms with E-state index in [4.69, 9.17) is 5.73 Å². The standard InChI is InChI=1S/C10H21N3O/c1-4-12(3)10(14)13-7-9(6-11)5-8(13)2/h8-9H,4-7,11H2,1-3H3. The van der Waals surface area contributed by atoms with Crippen LogP contribution in [0.15, 0.2) is 0 Å². The minimum absolute atomic E-state index is 0.135. The van der Waals surface area contributed by atoms with Crippen molar-refractivity contribution in [2.75, 3.05) is 26.7 Å². The van der Waals surface area contributed by atoms with E-state index >= 15 is 0 Å². The van der Waals surface area contributed by atoms with Crippen molar-refractivity contribution in [1.82, 2.24) is 9.80 Å². The number of nitrogens with zero attached hydrogens (tertiary/aromatic N) is 2. The van der Waals surface area contributed by atoms with Crippen molar-refractivity contribution in [2.24, 2.45) is 11.7 Å². The summed E-state index contributed by atoms with van der Waals surface area (Å²) < 4.78 is 0. The first-order chi connectivity index (χ1) is 6.60. The molecule has 0 aromatic heterocycles. The van der Waals surface area contributed by atoms with E-state index in [-0.39, 0.29) is 6.03 Å². The Balaban J connectivity index is 2.56. The first-order valence-electron chi connectivity index (χ1n) is 5.31. The van der Waals surface area contributed by atoms with Gasteiger partial charge in [0.05, 0.1) is 0 Å². The number of amides is 2. The van der Waals surface area contributed by atoms with Crippen LogP contribution >= 0.6 is 0 Å². The SMILES string of the molecule is CCN(C)C(=O)N1CC(CN)CC1C. The Hall–Kier alpha value is -0.770. The predicted molar refractivity (Wildman–Crippen MR) is 57.0 cm³/mol. The molecule has 1 rings (SSSR count). The lowest BCUT2D eigenvalue weighted by atomic mass is 10.1. The molecule has 1 aliphatic heterocycles. The van der Waals surface area contributed by atoms with Crippen molar-refractivity contribution in [3.05, 3.63) is 0 Å². The summed E-state index contributed by atoms with van der Waals surface area (Å²) in [6.07, 6.45) is 1.04. The largest absolute Gasteiger partial charge is 0.330 e. The fourth-order valence-electron chi connectivity index (χ4n) is 1.93. The minimum atomic E-state index is 0.135. The van der Waals surface area contributed by atoms with Gasteiger partial charge in [0, 0.05) is 26.2 Å². The van der Waals surface area contributed by atoms with Crippen LogP contribution in [-0.2, 0) is 0 Å². The van der Waals surface area contributed by atoms with Crippen molar-refractivity contribution in [1.29, 1.82) is 0 Å². The highest BCUT2D eigenvalue weighted by atomic mass is 16.2. The van der Waals surface area contributed by atoms with Crippen LogP contribution in [0.2, 0.25) is 0 Å². The molecule has 1 fully saturated rings. The molecule has 0 aromatic rings. The van der Waals surface area contributed by atoms with Gasteiger partial charge in [-0.15, -0.1) is 0 Å². The Morgan fingerprint density at radius 1 is 1.64 bits per heavy atom. The molecule has 0 aromatic carbocycles. The van der Waals surface area contributed by atoms with Crippen molar-refractivity contribution in [3.8, 4) is 0 Å². The Morgan fingerprint density at radius 3 is 2.71 bits per heavy atom. The third-order valence-corrected chi connectivity index (χ3v) is 3.04. The van der Waals surface area contributed by atoms with Crippen LogP contribution < -0.4 is 5.73 Å². The lowest BCUT2D eigenvalue weighted by molar-refractivity contribution is 0.162. The third kappa shape index (κ3) is 2.18. The Bertz CT molecular complexity index is 208. The molecule has 82 valence electrons. The van der Waals surface area contributed by atoms with E-state index < -0.39 is 0 Å². The number of hydrogen-bond acceptors (Lipinski definition) is 2. The zero-order valence-corrected chi connectivity index (χ0v) is 9.36. The van der Waals surface area contributed by atoms with Gasteiger partial charge in [-0.25, -0.2) is 4.79 Å². The van der Waals surface area contributed by atoms with Crippen molar-refractivity contribution in [2.45, 2.75) is 26.3 Å². The molecular weight excluding hydrogens is 178 g/mol. The van der Waals surface area contributed by atoms with E-state index in [1.165, 1.54) is 0 Å². The molecule has 0 saturated carbocycles. The molecule has 14 heavy (non-hydrogen) atoms. The molecule has 2 amide bonds. The Morgan fingerprint density at radius 2 is 2.29 bits per heavy atom. The van der Waals surface area contributed by atoms with E-state index in [0.717, 1.165) is 19.5 Å². The summed E-state index contributed by atoms with van der Waals surface area (Å²) in [6.45, 7) is 6.34. The van der Waals surface area contributed by atoms with Gasteiger partial charge in [-0.2, -0.15) is 0 Å². The fraction of sp³-hybridized carbons (Fsp3) is 0.900. The first-order valence-corrected chi connectivity index (χ1v) is 5.31. The highest BCUT2D eigenvalue weighted by Gasteiger charge is 2.32. The van der Waals surface area contributed by atoms with Crippen LogP contribution in [0.25, 0.3) is 0 Å². The molecule has 0 aliphatic carbocycles. The number of nitrogens with two attached hydrogens (primary N) is 1. The second kappa shape index (κ2) is 4.64. The van der Waals surface area contributed by atoms with Gasteiger partial charge in [0.2, 0.25) is 0 Å². The fourth-order valence-corrected chi connectivity index (χ4v) is 1.93. The lowest BCUT2D eigenvalue weighted by Crippen LogP contribution is -2.43. The number of urea groups is 1. The van der Waals surface area contributed by atoms with Crippen LogP contribution in [0.5, 0.6) is 0 Å². The summed E-state index contributed by atoms with van der Waals surface area (Å²) in [7, 11) is 1.84. The number of carbonyl (C=O) groups excluding carboxylic acids is 1. The number of hydrogen-bond donors (Lipinski definition) is 1. The summed E-state index contributed by atoms with van der Waals surface area (Å²) >= 11 is 0. The highest BCUT2D eigenvalue weighted by Crippen LogP contribution is 2.22. The van der Waals surface area contributed by atoms with E-state index in [9.17, 15) is 4.79 Å². The predicted octanol–water partition coefficient (Wildman–Crippen LogP) is 0.727. The topological polar surface area (TPSA) is 49.6 Å². The number of likely N-dealkylation sites (tertiary alicyclic amines) is 1. The summed E-state index contributed by atoms with van der Waals surface area (Å²) in [5, 5.41) is 0. The molecule has 0 bridgehead atoms. The summed E-state index contributed by atoms with van der Waals surface area (Å²) in [5.74, 6) is 0.485. The Labute approximate surface area is 86.0 Å². The van der Waals surface area contributed by atoms with Crippen molar-refractivity contribution >= 4 is 6.03 Å². The molecule has 1 heterocycles. The second-order valence-corrected chi connectivity index (χ2v) is 4.14. The van der Waals surface area contributed by atoms with Gasteiger partial charge in [-0.1, -0.05) is 0 Å². The Kier molecular flexibility index (Phi) is 3.75. The number of rotatable bonds is 2. The van der Waals surface area contributed by atoms with Gasteiger partial charge < -0.3 is 15.5 Å². The first kappa shape index (κ1) is 11.3. The molecule has 0 spiro atoms. The minimum Gasteiger partial charge on any atom is -0.330 e. The van der Waals surface area contributed by atoms with E-state index in [1.54, 1.807) is 4.90 Å². The monoisotopic (exact) mass is 199 g/mol. The summed E-state index contributed by atoms with van der Waals surface area (Å²) in [4.78, 5) is 15.5. The molecule has 4 heteroatoms. The van der Waals surface area contributed by atoms with E-state index in [0.29, 0.717) is 18.5 Å². The van der Waals surface area contributed by atoms with Gasteiger partial charge in [-0.05, 0) is 32.7 Å². The zero-order chi connectivity index (χ0) is 10.7. The van der Waals surface area contributed by atoms with Crippen molar-refractivity contribution < 1.29 is 4.79 Å². The molecule has 4 nitrogen and oxygen atoms in total. The maximum absolute atomic E-state index is 11.9. The molecule has 2 N–H and O–H groups in total. The van der Waals surface area contributed by atoms with Crippen LogP contribution in [-0.4, -0.2) is 48.6 Å². The molecule has 0 radical (unpaired) electrons. The molecule has 2 unspecified atom stereocenters. The quantitative estimate of drug-likeness (QED) is 0.712. The lowest BCUT2D eigenvalue weighted by Gasteiger charge is -2.27. The van der Waals surface area contributed by atoms with E-state index in [1.807, 2.05) is 18.9 Å². The molecular formula is C10H21N3O. The molecule has 1 saturated heterocycles. The maximum atomic E-state index is 11.9. The van der Waals surface area contributed by atoms with Gasteiger partial charge >= 0.3 is 6.03 Å². The zero-order valence-electron chi connectivity index (χ0n) is 9.36. The molecule has 2 atom stereocenters. The van der Waals surface area contributed by atoms with Crippen LogP contribution in [0.3, 0.4) is 0 Å². The van der Waals surface area contributed by atoms with Gasteiger partial charge in [0.15, 0.2) is 0 Å². The summed E-state index contributed by atoms with van der Waals surface area (Å²) in [5.41, 5.74) is 5.62. The molecule has 1 aliphatic rings. The second-order valence-electron chi connectivity index (χ2n) is 4.14.